The number of aliphatic hydroxyl groups is 1. The Morgan fingerprint density at radius 2 is 2.12 bits per heavy atom. The van der Waals surface area contributed by atoms with E-state index in [4.69, 9.17) is 11.6 Å². The molecule has 2 rings (SSSR count). The van der Waals surface area contributed by atoms with Gasteiger partial charge >= 0.3 is 0 Å². The molecule has 16 heavy (non-hydrogen) atoms. The fourth-order valence-electron chi connectivity index (χ4n) is 2.23. The zero-order valence-electron chi connectivity index (χ0n) is 9.12. The molecule has 1 aromatic heterocycles. The number of nitrogens with one attached hydrogen (secondary N) is 1. The summed E-state index contributed by atoms with van der Waals surface area (Å²) in [5, 5.41) is 13.1. The van der Waals surface area contributed by atoms with E-state index >= 15 is 0 Å². The monoisotopic (exact) mass is 241 g/mol. The summed E-state index contributed by atoms with van der Waals surface area (Å²) < 4.78 is 0. The van der Waals surface area contributed by atoms with Crippen LogP contribution in [0.15, 0.2) is 12.3 Å². The molecular formula is C11H16ClN3O. The Morgan fingerprint density at radius 3 is 2.75 bits per heavy atom. The summed E-state index contributed by atoms with van der Waals surface area (Å²) in [5.74, 6) is 0.691. The normalized spacial score (nSPS) is 19.4. The van der Waals surface area contributed by atoms with E-state index in [1.54, 1.807) is 12.3 Å². The second-order valence-corrected chi connectivity index (χ2v) is 4.67. The van der Waals surface area contributed by atoms with E-state index in [2.05, 4.69) is 15.3 Å². The van der Waals surface area contributed by atoms with E-state index in [9.17, 15) is 5.11 Å². The predicted molar refractivity (Wildman–Crippen MR) is 63.6 cm³/mol. The SMILES string of the molecule is OCC1(Nc2ccnc(Cl)n2)CCCCC1. The molecular weight excluding hydrogens is 226 g/mol. The molecule has 1 saturated carbocycles. The fraction of sp³-hybridized carbons (Fsp3) is 0.636. The maximum absolute atomic E-state index is 9.53. The van der Waals surface area contributed by atoms with Crippen molar-refractivity contribution in [1.29, 1.82) is 0 Å². The Balaban J connectivity index is 2.11. The molecule has 0 bridgehead atoms. The van der Waals surface area contributed by atoms with Gasteiger partial charge in [-0.15, -0.1) is 0 Å². The third-order valence-electron chi connectivity index (χ3n) is 3.13. The zero-order valence-corrected chi connectivity index (χ0v) is 9.87. The molecule has 2 N–H and O–H groups in total. The van der Waals surface area contributed by atoms with Crippen molar-refractivity contribution in [1.82, 2.24) is 9.97 Å². The summed E-state index contributed by atoms with van der Waals surface area (Å²) in [4.78, 5) is 7.93. The molecule has 0 saturated heterocycles. The second kappa shape index (κ2) is 4.97. The van der Waals surface area contributed by atoms with Crippen LogP contribution in [0.2, 0.25) is 5.28 Å². The molecule has 0 radical (unpaired) electrons. The first kappa shape index (κ1) is 11.6. The summed E-state index contributed by atoms with van der Waals surface area (Å²) in [7, 11) is 0. The summed E-state index contributed by atoms with van der Waals surface area (Å²) in [5.41, 5.74) is -0.226. The number of hydrogen-bond donors (Lipinski definition) is 2. The topological polar surface area (TPSA) is 58.0 Å². The number of halogens is 1. The largest absolute Gasteiger partial charge is 0.394 e. The first-order valence-corrected chi connectivity index (χ1v) is 5.99. The van der Waals surface area contributed by atoms with Crippen molar-refractivity contribution >= 4 is 17.4 Å². The van der Waals surface area contributed by atoms with E-state index in [1.165, 1.54) is 6.42 Å². The van der Waals surface area contributed by atoms with E-state index in [0.717, 1.165) is 25.7 Å². The lowest BCUT2D eigenvalue weighted by Crippen LogP contribution is -2.44. The first-order chi connectivity index (χ1) is 7.74. The molecule has 1 aliphatic rings. The lowest BCUT2D eigenvalue weighted by Gasteiger charge is -2.36. The molecule has 88 valence electrons. The lowest BCUT2D eigenvalue weighted by atomic mass is 9.82. The van der Waals surface area contributed by atoms with Crippen molar-refractivity contribution in [3.8, 4) is 0 Å². The van der Waals surface area contributed by atoms with Gasteiger partial charge in [0.1, 0.15) is 5.82 Å². The van der Waals surface area contributed by atoms with E-state index in [1.807, 2.05) is 0 Å². The highest BCUT2D eigenvalue weighted by Gasteiger charge is 2.31. The van der Waals surface area contributed by atoms with Gasteiger partial charge in [0.05, 0.1) is 12.1 Å². The lowest BCUT2D eigenvalue weighted by molar-refractivity contribution is 0.172. The molecule has 1 fully saturated rings. The summed E-state index contributed by atoms with van der Waals surface area (Å²) >= 11 is 5.73. The average Bonchev–Trinajstić information content (AvgIpc) is 2.30. The van der Waals surface area contributed by atoms with Crippen LogP contribution < -0.4 is 5.32 Å². The van der Waals surface area contributed by atoms with Crippen LogP contribution in [-0.2, 0) is 0 Å². The van der Waals surface area contributed by atoms with Crippen LogP contribution >= 0.6 is 11.6 Å². The van der Waals surface area contributed by atoms with Gasteiger partial charge < -0.3 is 10.4 Å². The first-order valence-electron chi connectivity index (χ1n) is 5.62. The van der Waals surface area contributed by atoms with Gasteiger partial charge in [-0.25, -0.2) is 9.97 Å². The van der Waals surface area contributed by atoms with Crippen LogP contribution in [0, 0.1) is 0 Å². The highest BCUT2D eigenvalue weighted by atomic mass is 35.5. The van der Waals surface area contributed by atoms with Crippen molar-refractivity contribution in [3.05, 3.63) is 17.5 Å². The van der Waals surface area contributed by atoms with Gasteiger partial charge in [-0.2, -0.15) is 0 Å². The van der Waals surface area contributed by atoms with E-state index < -0.39 is 0 Å². The summed E-state index contributed by atoms with van der Waals surface area (Å²) in [6, 6.07) is 1.78. The molecule has 0 atom stereocenters. The quantitative estimate of drug-likeness (QED) is 0.797. The number of rotatable bonds is 3. The number of aromatic nitrogens is 2. The molecule has 0 aliphatic heterocycles. The van der Waals surface area contributed by atoms with Crippen LogP contribution in [-0.4, -0.2) is 27.2 Å². The van der Waals surface area contributed by atoms with Crippen molar-refractivity contribution in [3.63, 3.8) is 0 Å². The van der Waals surface area contributed by atoms with Gasteiger partial charge in [-0.1, -0.05) is 19.3 Å². The van der Waals surface area contributed by atoms with Gasteiger partial charge in [0, 0.05) is 6.20 Å². The average molecular weight is 242 g/mol. The minimum Gasteiger partial charge on any atom is -0.394 e. The Morgan fingerprint density at radius 1 is 1.38 bits per heavy atom. The van der Waals surface area contributed by atoms with Crippen LogP contribution in [0.1, 0.15) is 32.1 Å². The molecule has 1 aliphatic carbocycles. The fourth-order valence-corrected chi connectivity index (χ4v) is 2.37. The number of nitrogens with zero attached hydrogens (tertiary/aromatic N) is 2. The van der Waals surface area contributed by atoms with Gasteiger partial charge in [-0.05, 0) is 30.5 Å². The number of anilines is 1. The molecule has 0 unspecified atom stereocenters. The van der Waals surface area contributed by atoms with Crippen molar-refractivity contribution < 1.29 is 5.11 Å². The Bertz CT molecular complexity index is 353. The van der Waals surface area contributed by atoms with Crippen LogP contribution in [0.5, 0.6) is 0 Å². The van der Waals surface area contributed by atoms with E-state index in [-0.39, 0.29) is 17.4 Å². The van der Waals surface area contributed by atoms with Gasteiger partial charge in [0.25, 0.3) is 0 Å². The Kier molecular flexibility index (Phi) is 3.61. The molecule has 4 nitrogen and oxygen atoms in total. The molecule has 0 amide bonds. The standard InChI is InChI=1S/C11H16ClN3O/c12-10-13-7-4-9(14-10)15-11(8-16)5-2-1-3-6-11/h4,7,16H,1-3,5-6,8H2,(H,13,14,15). The van der Waals surface area contributed by atoms with Crippen LogP contribution in [0.3, 0.4) is 0 Å². The zero-order chi connectivity index (χ0) is 11.4. The highest BCUT2D eigenvalue weighted by molar-refractivity contribution is 6.28. The molecule has 1 heterocycles. The summed E-state index contributed by atoms with van der Waals surface area (Å²) in [6.45, 7) is 0.134. The predicted octanol–water partition coefficient (Wildman–Crippen LogP) is 2.24. The minimum atomic E-state index is -0.226. The molecule has 1 aromatic rings. The molecule has 0 aromatic carbocycles. The van der Waals surface area contributed by atoms with Gasteiger partial charge in [0.2, 0.25) is 5.28 Å². The maximum atomic E-state index is 9.53. The van der Waals surface area contributed by atoms with Gasteiger partial charge in [0.15, 0.2) is 0 Å². The number of hydrogen-bond acceptors (Lipinski definition) is 4. The van der Waals surface area contributed by atoms with Crippen LogP contribution in [0.4, 0.5) is 5.82 Å². The Labute approximate surface area is 100 Å². The third-order valence-corrected chi connectivity index (χ3v) is 3.31. The van der Waals surface area contributed by atoms with Crippen molar-refractivity contribution in [2.45, 2.75) is 37.6 Å². The van der Waals surface area contributed by atoms with Crippen LogP contribution in [0.25, 0.3) is 0 Å². The van der Waals surface area contributed by atoms with Crippen molar-refractivity contribution in [2.75, 3.05) is 11.9 Å². The molecule has 5 heteroatoms. The third kappa shape index (κ3) is 2.62. The van der Waals surface area contributed by atoms with Gasteiger partial charge in [-0.3, -0.25) is 0 Å². The van der Waals surface area contributed by atoms with Crippen molar-refractivity contribution in [2.24, 2.45) is 0 Å². The highest BCUT2D eigenvalue weighted by Crippen LogP contribution is 2.30. The second-order valence-electron chi connectivity index (χ2n) is 4.34. The smallest absolute Gasteiger partial charge is 0.224 e. The Hall–Kier alpha value is -0.870. The summed E-state index contributed by atoms with van der Waals surface area (Å²) in [6.07, 6.45) is 7.11. The number of aliphatic hydroxyl groups excluding tert-OH is 1. The van der Waals surface area contributed by atoms with E-state index in [0.29, 0.717) is 5.82 Å². The minimum absolute atomic E-state index is 0.134. The molecule has 0 spiro atoms. The maximum Gasteiger partial charge on any atom is 0.224 e.